The molecule has 0 heterocycles. The smallest absolute Gasteiger partial charge is 0.0402 e. The van der Waals surface area contributed by atoms with E-state index in [4.69, 9.17) is 5.11 Å². The van der Waals surface area contributed by atoms with E-state index in [0.717, 1.165) is 0 Å². The predicted octanol–water partition coefficient (Wildman–Crippen LogP) is 4.61. The summed E-state index contributed by atoms with van der Waals surface area (Å²) in [5, 5.41) is 7.57. The number of aliphatic hydroxyl groups excluding tert-OH is 1. The third-order valence-electron chi connectivity index (χ3n) is 2.44. The summed E-state index contributed by atoms with van der Waals surface area (Å²) in [6.07, 6.45) is 0. The van der Waals surface area contributed by atoms with Crippen molar-refractivity contribution in [1.82, 2.24) is 0 Å². The van der Waals surface area contributed by atoms with Crippen molar-refractivity contribution >= 4 is 0 Å². The average Bonchev–Trinajstić information content (AvgIpc) is 2.38. The highest BCUT2D eigenvalue weighted by atomic mass is 16.2. The molecule has 0 saturated carbocycles. The van der Waals surface area contributed by atoms with E-state index in [-0.39, 0.29) is 6.61 Å². The van der Waals surface area contributed by atoms with Crippen LogP contribution in [0.2, 0.25) is 0 Å². The molecular formula is C18H26O. The monoisotopic (exact) mass is 258 g/mol. The van der Waals surface area contributed by atoms with Gasteiger partial charge in [-0.15, -0.1) is 0 Å². The van der Waals surface area contributed by atoms with E-state index in [9.17, 15) is 0 Å². The number of benzene rings is 2. The zero-order valence-electron chi connectivity index (χ0n) is 12.8. The number of rotatable bonds is 0. The molecule has 104 valence electrons. The van der Waals surface area contributed by atoms with Gasteiger partial charge in [-0.1, -0.05) is 70.8 Å². The van der Waals surface area contributed by atoms with Gasteiger partial charge < -0.3 is 5.11 Å². The lowest BCUT2D eigenvalue weighted by Crippen LogP contribution is -1.70. The van der Waals surface area contributed by atoms with Crippen LogP contribution < -0.4 is 0 Å². The molecule has 0 aromatic heterocycles. The first-order chi connectivity index (χ1) is 8.99. The molecule has 2 aromatic rings. The summed E-state index contributed by atoms with van der Waals surface area (Å²) in [6, 6.07) is 17.0. The molecule has 1 heteroatoms. The van der Waals surface area contributed by atoms with Gasteiger partial charge in [-0.3, -0.25) is 0 Å². The van der Waals surface area contributed by atoms with Gasteiger partial charge in [0.05, 0.1) is 0 Å². The molecule has 0 spiro atoms. The van der Waals surface area contributed by atoms with Crippen molar-refractivity contribution in [3.63, 3.8) is 0 Å². The minimum Gasteiger partial charge on any atom is -0.397 e. The summed E-state index contributed by atoms with van der Waals surface area (Å²) in [7, 11) is 0. The zero-order valence-corrected chi connectivity index (χ0v) is 12.8. The molecule has 0 aliphatic carbocycles. The van der Waals surface area contributed by atoms with Crippen LogP contribution in [0.3, 0.4) is 0 Å². The highest BCUT2D eigenvalue weighted by Gasteiger charge is 1.80. The van der Waals surface area contributed by atoms with Crippen LogP contribution >= 0.6 is 0 Å². The Kier molecular flexibility index (Phi) is 9.46. The summed E-state index contributed by atoms with van der Waals surface area (Å²) in [4.78, 5) is 0. The molecular weight excluding hydrogens is 232 g/mol. The van der Waals surface area contributed by atoms with Crippen LogP contribution in [0.1, 0.15) is 29.2 Å². The Morgan fingerprint density at radius 2 is 0.684 bits per heavy atom. The predicted molar refractivity (Wildman–Crippen MR) is 84.6 cm³/mol. The number of hydrogen-bond acceptors (Lipinski definition) is 1. The highest BCUT2D eigenvalue weighted by molar-refractivity contribution is 5.20. The van der Waals surface area contributed by atoms with E-state index in [1.165, 1.54) is 22.3 Å². The van der Waals surface area contributed by atoms with Crippen molar-refractivity contribution in [3.8, 4) is 0 Å². The van der Waals surface area contributed by atoms with Gasteiger partial charge in [0.2, 0.25) is 0 Å². The Balaban J connectivity index is 0.000000284. The summed E-state index contributed by atoms with van der Waals surface area (Å²) < 4.78 is 0. The van der Waals surface area contributed by atoms with E-state index in [1.807, 2.05) is 0 Å². The molecule has 2 rings (SSSR count). The minimum atomic E-state index is 0.250. The summed E-state index contributed by atoms with van der Waals surface area (Å²) in [5.74, 6) is 0. The van der Waals surface area contributed by atoms with E-state index in [0.29, 0.717) is 0 Å². The van der Waals surface area contributed by atoms with Crippen LogP contribution in [-0.4, -0.2) is 11.7 Å². The molecule has 1 N–H and O–H groups in total. The molecule has 2 aromatic carbocycles. The maximum atomic E-state index is 7.57. The fourth-order valence-corrected chi connectivity index (χ4v) is 1.27. The Morgan fingerprint density at radius 3 is 0.789 bits per heavy atom. The Bertz CT molecular complexity index is 341. The molecule has 0 aliphatic heterocycles. The van der Waals surface area contributed by atoms with Crippen LogP contribution in [0.4, 0.5) is 0 Å². The molecule has 0 aliphatic rings. The zero-order chi connectivity index (χ0) is 14.7. The third-order valence-corrected chi connectivity index (χ3v) is 2.44. The van der Waals surface area contributed by atoms with Crippen molar-refractivity contribution in [1.29, 1.82) is 0 Å². The van der Waals surface area contributed by atoms with Crippen LogP contribution in [0.25, 0.3) is 0 Å². The summed E-state index contributed by atoms with van der Waals surface area (Å²) in [5.41, 5.74) is 5.32. The Hall–Kier alpha value is -1.60. The lowest BCUT2D eigenvalue weighted by molar-refractivity contribution is 0.318. The van der Waals surface area contributed by atoms with Crippen molar-refractivity contribution in [2.45, 2.75) is 34.6 Å². The first-order valence-electron chi connectivity index (χ1n) is 6.67. The van der Waals surface area contributed by atoms with E-state index in [1.54, 1.807) is 6.92 Å². The molecule has 0 saturated heterocycles. The van der Waals surface area contributed by atoms with Crippen molar-refractivity contribution in [2.75, 3.05) is 6.61 Å². The van der Waals surface area contributed by atoms with Crippen LogP contribution in [-0.2, 0) is 0 Å². The number of hydrogen-bond donors (Lipinski definition) is 1. The molecule has 1 nitrogen and oxygen atoms in total. The van der Waals surface area contributed by atoms with Gasteiger partial charge >= 0.3 is 0 Å². The van der Waals surface area contributed by atoms with Gasteiger partial charge in [-0.25, -0.2) is 0 Å². The quantitative estimate of drug-likeness (QED) is 0.732. The molecule has 19 heavy (non-hydrogen) atoms. The first-order valence-corrected chi connectivity index (χ1v) is 6.67. The van der Waals surface area contributed by atoms with Crippen molar-refractivity contribution in [2.24, 2.45) is 0 Å². The highest BCUT2D eigenvalue weighted by Crippen LogP contribution is 2.00. The largest absolute Gasteiger partial charge is 0.397 e. The van der Waals surface area contributed by atoms with Crippen molar-refractivity contribution < 1.29 is 5.11 Å². The maximum absolute atomic E-state index is 7.57. The van der Waals surface area contributed by atoms with Gasteiger partial charge in [0.25, 0.3) is 0 Å². The second kappa shape index (κ2) is 10.3. The molecule has 0 amide bonds. The Labute approximate surface area is 117 Å². The van der Waals surface area contributed by atoms with Gasteiger partial charge in [-0.05, 0) is 34.6 Å². The molecule has 0 atom stereocenters. The second-order valence-electron chi connectivity index (χ2n) is 4.63. The lowest BCUT2D eigenvalue weighted by atomic mass is 10.2. The number of aliphatic hydroxyl groups is 1. The van der Waals surface area contributed by atoms with Gasteiger partial charge in [-0.2, -0.15) is 0 Å². The standard InChI is InChI=1S/2C8H10.C2H6O/c2*1-7-3-5-8(2)6-4-7;1-2-3/h2*3-6H,1-2H3;3H,2H2,1H3. The fourth-order valence-electron chi connectivity index (χ4n) is 1.27. The number of aryl methyl sites for hydroxylation is 4. The van der Waals surface area contributed by atoms with Gasteiger partial charge in [0, 0.05) is 6.61 Å². The van der Waals surface area contributed by atoms with Crippen LogP contribution in [0, 0.1) is 27.7 Å². The third kappa shape index (κ3) is 10.0. The molecule has 0 unspecified atom stereocenters. The second-order valence-corrected chi connectivity index (χ2v) is 4.63. The summed E-state index contributed by atoms with van der Waals surface area (Å²) >= 11 is 0. The van der Waals surface area contributed by atoms with Crippen LogP contribution in [0.5, 0.6) is 0 Å². The topological polar surface area (TPSA) is 20.2 Å². The van der Waals surface area contributed by atoms with Gasteiger partial charge in [0.1, 0.15) is 0 Å². The SMILES string of the molecule is CCO.Cc1ccc(C)cc1.Cc1ccc(C)cc1. The van der Waals surface area contributed by atoms with Crippen molar-refractivity contribution in [3.05, 3.63) is 70.8 Å². The molecule has 0 fully saturated rings. The maximum Gasteiger partial charge on any atom is 0.0402 e. The van der Waals surface area contributed by atoms with E-state index >= 15 is 0 Å². The van der Waals surface area contributed by atoms with E-state index < -0.39 is 0 Å². The van der Waals surface area contributed by atoms with Crippen LogP contribution in [0.15, 0.2) is 48.5 Å². The normalized spacial score (nSPS) is 8.74. The summed E-state index contributed by atoms with van der Waals surface area (Å²) in [6.45, 7) is 10.3. The van der Waals surface area contributed by atoms with E-state index in [2.05, 4.69) is 76.2 Å². The molecule has 0 radical (unpaired) electrons. The molecule has 0 bridgehead atoms. The van der Waals surface area contributed by atoms with Gasteiger partial charge in [0.15, 0.2) is 0 Å². The minimum absolute atomic E-state index is 0.250. The fraction of sp³-hybridized carbons (Fsp3) is 0.333. The first kappa shape index (κ1) is 17.4. The lowest BCUT2D eigenvalue weighted by Gasteiger charge is -1.90. The average molecular weight is 258 g/mol. The Morgan fingerprint density at radius 1 is 0.579 bits per heavy atom.